The molecule has 6 heteroatoms. The highest BCUT2D eigenvalue weighted by atomic mass is 127. The molecule has 0 saturated heterocycles. The van der Waals surface area contributed by atoms with Crippen LogP contribution in [-0.2, 0) is 7.05 Å². The normalized spacial score (nSPS) is 10.3. The average Bonchev–Trinajstić information content (AvgIpc) is 2.60. The van der Waals surface area contributed by atoms with Gasteiger partial charge in [-0.25, -0.2) is 9.97 Å². The molecular formula is C9H7IN4O. The minimum atomic E-state index is -0.104. The molecule has 0 fully saturated rings. The van der Waals surface area contributed by atoms with Gasteiger partial charge in [-0.2, -0.15) is 5.10 Å². The maximum absolute atomic E-state index is 11.9. The van der Waals surface area contributed by atoms with Crippen molar-refractivity contribution in [1.29, 1.82) is 0 Å². The highest BCUT2D eigenvalue weighted by Crippen LogP contribution is 2.14. The SMILES string of the molecule is Cn1ncc(C(=O)c2cncnc2)c1I. The van der Waals surface area contributed by atoms with Crippen LogP contribution in [0.2, 0.25) is 0 Å². The Morgan fingerprint density at radius 2 is 2.00 bits per heavy atom. The molecule has 2 aromatic heterocycles. The molecule has 0 amide bonds. The molecule has 0 unspecified atom stereocenters. The van der Waals surface area contributed by atoms with E-state index in [0.717, 1.165) is 3.70 Å². The minimum Gasteiger partial charge on any atom is -0.288 e. The zero-order valence-corrected chi connectivity index (χ0v) is 10.0. The fraction of sp³-hybridized carbons (Fsp3) is 0.111. The summed E-state index contributed by atoms with van der Waals surface area (Å²) in [6, 6.07) is 0. The van der Waals surface area contributed by atoms with Gasteiger partial charge in [0, 0.05) is 19.4 Å². The molecule has 2 heterocycles. The van der Waals surface area contributed by atoms with Crippen molar-refractivity contribution in [2.45, 2.75) is 0 Å². The Morgan fingerprint density at radius 3 is 2.53 bits per heavy atom. The number of aromatic nitrogens is 4. The topological polar surface area (TPSA) is 60.7 Å². The van der Waals surface area contributed by atoms with Crippen molar-refractivity contribution in [3.63, 3.8) is 0 Å². The number of carbonyl (C=O) groups is 1. The zero-order chi connectivity index (χ0) is 10.8. The summed E-state index contributed by atoms with van der Waals surface area (Å²) in [7, 11) is 1.79. The lowest BCUT2D eigenvalue weighted by atomic mass is 10.1. The van der Waals surface area contributed by atoms with Crippen LogP contribution >= 0.6 is 22.6 Å². The molecule has 0 aliphatic rings. The number of rotatable bonds is 2. The molecule has 0 radical (unpaired) electrons. The molecule has 2 aromatic rings. The summed E-state index contributed by atoms with van der Waals surface area (Å²) < 4.78 is 2.46. The van der Waals surface area contributed by atoms with Crippen LogP contribution in [0.3, 0.4) is 0 Å². The Hall–Kier alpha value is -1.31. The molecule has 0 bridgehead atoms. The molecule has 2 rings (SSSR count). The van der Waals surface area contributed by atoms with E-state index < -0.39 is 0 Å². The molecule has 0 aliphatic carbocycles. The fourth-order valence-corrected chi connectivity index (χ4v) is 1.66. The smallest absolute Gasteiger partial charge is 0.200 e. The Kier molecular flexibility index (Phi) is 2.76. The van der Waals surface area contributed by atoms with E-state index >= 15 is 0 Å². The van der Waals surface area contributed by atoms with Gasteiger partial charge in [-0.05, 0) is 22.6 Å². The maximum atomic E-state index is 11.9. The van der Waals surface area contributed by atoms with Crippen molar-refractivity contribution in [2.24, 2.45) is 7.05 Å². The predicted molar refractivity (Wildman–Crippen MR) is 61.4 cm³/mol. The van der Waals surface area contributed by atoms with Crippen LogP contribution in [0.1, 0.15) is 15.9 Å². The third-order valence-corrected chi connectivity index (χ3v) is 3.21. The van der Waals surface area contributed by atoms with Gasteiger partial charge in [-0.15, -0.1) is 0 Å². The molecule has 0 N–H and O–H groups in total. The lowest BCUT2D eigenvalue weighted by Crippen LogP contribution is -2.04. The van der Waals surface area contributed by atoms with E-state index in [-0.39, 0.29) is 5.78 Å². The number of ketones is 1. The lowest BCUT2D eigenvalue weighted by Gasteiger charge is -1.97. The predicted octanol–water partition coefficient (Wildman–Crippen LogP) is 1.05. The van der Waals surface area contributed by atoms with Crippen LogP contribution in [0.5, 0.6) is 0 Å². The summed E-state index contributed by atoms with van der Waals surface area (Å²) in [4.78, 5) is 19.6. The van der Waals surface area contributed by atoms with Gasteiger partial charge < -0.3 is 0 Å². The second-order valence-electron chi connectivity index (χ2n) is 2.93. The Bertz CT molecular complexity index is 494. The lowest BCUT2D eigenvalue weighted by molar-refractivity contribution is 0.103. The molecule has 15 heavy (non-hydrogen) atoms. The molecule has 0 atom stereocenters. The first-order valence-corrected chi connectivity index (χ1v) is 5.25. The van der Waals surface area contributed by atoms with Gasteiger partial charge in [0.05, 0.1) is 17.3 Å². The second-order valence-corrected chi connectivity index (χ2v) is 3.95. The van der Waals surface area contributed by atoms with Crippen molar-refractivity contribution in [2.75, 3.05) is 0 Å². The Balaban J connectivity index is 2.42. The van der Waals surface area contributed by atoms with Crippen LogP contribution in [-0.4, -0.2) is 25.5 Å². The molecule has 5 nitrogen and oxygen atoms in total. The largest absolute Gasteiger partial charge is 0.288 e. The van der Waals surface area contributed by atoms with Gasteiger partial charge in [0.1, 0.15) is 10.0 Å². The first kappa shape index (κ1) is 10.2. The third kappa shape index (κ3) is 1.89. The van der Waals surface area contributed by atoms with E-state index in [0.29, 0.717) is 11.1 Å². The summed E-state index contributed by atoms with van der Waals surface area (Å²) >= 11 is 2.08. The maximum Gasteiger partial charge on any atom is 0.200 e. The summed E-state index contributed by atoms with van der Waals surface area (Å²) in [6.07, 6.45) is 5.94. The van der Waals surface area contributed by atoms with Crippen molar-refractivity contribution in [1.82, 2.24) is 19.7 Å². The average molecular weight is 314 g/mol. The zero-order valence-electron chi connectivity index (χ0n) is 7.88. The van der Waals surface area contributed by atoms with Crippen molar-refractivity contribution >= 4 is 28.4 Å². The van der Waals surface area contributed by atoms with E-state index in [9.17, 15) is 4.79 Å². The van der Waals surface area contributed by atoms with Crippen LogP contribution in [0, 0.1) is 3.70 Å². The molecule has 0 spiro atoms. The summed E-state index contributed by atoms with van der Waals surface area (Å²) in [5, 5.41) is 4.01. The van der Waals surface area contributed by atoms with Gasteiger partial charge >= 0.3 is 0 Å². The number of nitrogens with zero attached hydrogens (tertiary/aromatic N) is 4. The monoisotopic (exact) mass is 314 g/mol. The fourth-order valence-electron chi connectivity index (χ4n) is 1.15. The molecular weight excluding hydrogens is 307 g/mol. The van der Waals surface area contributed by atoms with E-state index in [1.165, 1.54) is 18.7 Å². The molecule has 0 aromatic carbocycles. The number of aryl methyl sites for hydroxylation is 1. The van der Waals surface area contributed by atoms with Crippen molar-refractivity contribution < 1.29 is 4.79 Å². The van der Waals surface area contributed by atoms with E-state index in [2.05, 4.69) is 37.7 Å². The standard InChI is InChI=1S/C9H7IN4O/c1-14-9(10)7(4-13-14)8(15)6-2-11-5-12-3-6/h2-5H,1H3. The second kappa shape index (κ2) is 4.05. The van der Waals surface area contributed by atoms with Gasteiger partial charge in [0.15, 0.2) is 5.78 Å². The number of carbonyl (C=O) groups excluding carboxylic acids is 1. The molecule has 76 valence electrons. The van der Waals surface area contributed by atoms with Crippen LogP contribution < -0.4 is 0 Å². The van der Waals surface area contributed by atoms with Gasteiger partial charge in [-0.1, -0.05) is 0 Å². The van der Waals surface area contributed by atoms with E-state index in [1.807, 2.05) is 0 Å². The first-order valence-electron chi connectivity index (χ1n) is 4.17. The van der Waals surface area contributed by atoms with Crippen LogP contribution in [0.15, 0.2) is 24.9 Å². The Labute approximate surface area is 99.7 Å². The van der Waals surface area contributed by atoms with Crippen molar-refractivity contribution in [3.8, 4) is 0 Å². The van der Waals surface area contributed by atoms with Gasteiger partial charge in [0.25, 0.3) is 0 Å². The van der Waals surface area contributed by atoms with Gasteiger partial charge in [0.2, 0.25) is 0 Å². The van der Waals surface area contributed by atoms with Crippen LogP contribution in [0.4, 0.5) is 0 Å². The number of halogens is 1. The highest BCUT2D eigenvalue weighted by molar-refractivity contribution is 14.1. The summed E-state index contributed by atoms with van der Waals surface area (Å²) in [5.41, 5.74) is 1.05. The number of hydrogen-bond acceptors (Lipinski definition) is 4. The molecule has 0 aliphatic heterocycles. The summed E-state index contributed by atoms with van der Waals surface area (Å²) in [5.74, 6) is -0.104. The molecule has 0 saturated carbocycles. The highest BCUT2D eigenvalue weighted by Gasteiger charge is 2.15. The Morgan fingerprint density at radius 1 is 1.33 bits per heavy atom. The third-order valence-electron chi connectivity index (χ3n) is 1.93. The summed E-state index contributed by atoms with van der Waals surface area (Å²) in [6.45, 7) is 0. The van der Waals surface area contributed by atoms with E-state index in [4.69, 9.17) is 0 Å². The van der Waals surface area contributed by atoms with Crippen LogP contribution in [0.25, 0.3) is 0 Å². The van der Waals surface area contributed by atoms with Crippen molar-refractivity contribution in [3.05, 3.63) is 39.7 Å². The number of hydrogen-bond donors (Lipinski definition) is 0. The first-order chi connectivity index (χ1) is 7.20. The quantitative estimate of drug-likeness (QED) is 0.614. The minimum absolute atomic E-state index is 0.104. The van der Waals surface area contributed by atoms with E-state index in [1.54, 1.807) is 17.9 Å². The van der Waals surface area contributed by atoms with Gasteiger partial charge in [-0.3, -0.25) is 9.48 Å².